The summed E-state index contributed by atoms with van der Waals surface area (Å²) in [6, 6.07) is 6.01. The molecule has 0 aromatic heterocycles. The number of hydrogen-bond acceptors (Lipinski definition) is 2. The van der Waals surface area contributed by atoms with Crippen molar-refractivity contribution in [3.8, 4) is 0 Å². The van der Waals surface area contributed by atoms with Crippen LogP contribution in [0.1, 0.15) is 19.4 Å². The van der Waals surface area contributed by atoms with E-state index in [2.05, 4.69) is 19.2 Å². The number of nitrogens with one attached hydrogen (secondary N) is 1. The Balaban J connectivity index is 2.45. The van der Waals surface area contributed by atoms with E-state index >= 15 is 0 Å². The summed E-state index contributed by atoms with van der Waals surface area (Å²) in [6.07, 6.45) is 0.892. The maximum Gasteiger partial charge on any atom is 0.0618 e. The average molecular weight is 290 g/mol. The van der Waals surface area contributed by atoms with Gasteiger partial charge in [0.1, 0.15) is 0 Å². The van der Waals surface area contributed by atoms with Crippen molar-refractivity contribution < 1.29 is 4.74 Å². The van der Waals surface area contributed by atoms with E-state index in [9.17, 15) is 0 Å². The number of halogens is 2. The summed E-state index contributed by atoms with van der Waals surface area (Å²) in [7, 11) is 1.73. The summed E-state index contributed by atoms with van der Waals surface area (Å²) in [5.41, 5.74) is 1.12. The van der Waals surface area contributed by atoms with E-state index in [1.54, 1.807) is 13.2 Å². The van der Waals surface area contributed by atoms with Gasteiger partial charge in [0.05, 0.1) is 6.61 Å². The Kier molecular flexibility index (Phi) is 7.02. The lowest BCUT2D eigenvalue weighted by atomic mass is 10.0. The maximum absolute atomic E-state index is 6.13. The van der Waals surface area contributed by atoms with Crippen molar-refractivity contribution in [3.05, 3.63) is 33.8 Å². The first kappa shape index (κ1) is 15.8. The Labute approximate surface area is 120 Å². The molecule has 1 N–H and O–H groups in total. The van der Waals surface area contributed by atoms with Crippen LogP contribution < -0.4 is 5.32 Å². The van der Waals surface area contributed by atoms with Crippen molar-refractivity contribution in [2.24, 2.45) is 5.92 Å². The van der Waals surface area contributed by atoms with Crippen molar-refractivity contribution in [1.29, 1.82) is 0 Å². The number of methoxy groups -OCH3 is 1. The second-order valence-corrected chi connectivity index (χ2v) is 5.59. The number of benzene rings is 1. The van der Waals surface area contributed by atoms with E-state index in [1.807, 2.05) is 12.1 Å². The monoisotopic (exact) mass is 289 g/mol. The average Bonchev–Trinajstić information content (AvgIpc) is 2.30. The zero-order chi connectivity index (χ0) is 13.5. The molecule has 102 valence electrons. The lowest BCUT2D eigenvalue weighted by Crippen LogP contribution is -2.38. The van der Waals surface area contributed by atoms with E-state index in [0.717, 1.165) is 30.2 Å². The molecule has 0 radical (unpaired) electrons. The first-order chi connectivity index (χ1) is 8.54. The van der Waals surface area contributed by atoms with Gasteiger partial charge in [-0.2, -0.15) is 0 Å². The molecule has 0 aliphatic rings. The molecule has 0 spiro atoms. The molecule has 0 bridgehead atoms. The van der Waals surface area contributed by atoms with Crippen molar-refractivity contribution in [2.45, 2.75) is 26.3 Å². The van der Waals surface area contributed by atoms with Crippen LogP contribution in [0.25, 0.3) is 0 Å². The molecule has 0 saturated carbocycles. The van der Waals surface area contributed by atoms with Gasteiger partial charge >= 0.3 is 0 Å². The van der Waals surface area contributed by atoms with Gasteiger partial charge in [-0.3, -0.25) is 0 Å². The van der Waals surface area contributed by atoms with Crippen LogP contribution in [0.4, 0.5) is 0 Å². The van der Waals surface area contributed by atoms with Crippen molar-refractivity contribution >= 4 is 23.2 Å². The van der Waals surface area contributed by atoms with Gasteiger partial charge in [0, 0.05) is 23.2 Å². The van der Waals surface area contributed by atoms with Crippen LogP contribution >= 0.6 is 23.2 Å². The number of ether oxygens (including phenoxy) is 1. The Morgan fingerprint density at radius 3 is 2.56 bits per heavy atom. The fourth-order valence-electron chi connectivity index (χ4n) is 1.78. The molecule has 1 rings (SSSR count). The standard InChI is InChI=1S/C14H21Cl2NO/c1-10(2)14(9-18-3)17-7-6-11-4-5-12(15)8-13(11)16/h4-5,8,10,14,17H,6-7,9H2,1-3H3. The molecule has 1 aromatic rings. The molecule has 1 atom stereocenters. The molecule has 0 aliphatic heterocycles. The molecule has 0 heterocycles. The molecule has 1 unspecified atom stereocenters. The lowest BCUT2D eigenvalue weighted by Gasteiger charge is -2.21. The van der Waals surface area contributed by atoms with Crippen LogP contribution in [0.3, 0.4) is 0 Å². The molecule has 0 aliphatic carbocycles. The summed E-state index contributed by atoms with van der Waals surface area (Å²) in [4.78, 5) is 0. The lowest BCUT2D eigenvalue weighted by molar-refractivity contribution is 0.147. The smallest absolute Gasteiger partial charge is 0.0618 e. The zero-order valence-corrected chi connectivity index (χ0v) is 12.7. The highest BCUT2D eigenvalue weighted by Gasteiger charge is 2.12. The van der Waals surface area contributed by atoms with Crippen molar-refractivity contribution in [1.82, 2.24) is 5.32 Å². The van der Waals surface area contributed by atoms with Gasteiger partial charge in [0.25, 0.3) is 0 Å². The van der Waals surface area contributed by atoms with Gasteiger partial charge in [-0.05, 0) is 36.6 Å². The normalized spacial score (nSPS) is 13.0. The zero-order valence-electron chi connectivity index (χ0n) is 11.2. The van der Waals surface area contributed by atoms with Gasteiger partial charge in [-0.15, -0.1) is 0 Å². The van der Waals surface area contributed by atoms with Crippen LogP contribution in [0.5, 0.6) is 0 Å². The van der Waals surface area contributed by atoms with Crippen LogP contribution in [0, 0.1) is 5.92 Å². The summed E-state index contributed by atoms with van der Waals surface area (Å²) in [5, 5.41) is 4.90. The Morgan fingerprint density at radius 2 is 2.00 bits per heavy atom. The largest absolute Gasteiger partial charge is 0.383 e. The molecular formula is C14H21Cl2NO. The van der Waals surface area contributed by atoms with Crippen LogP contribution in [0.15, 0.2) is 18.2 Å². The summed E-state index contributed by atoms with van der Waals surface area (Å²) < 4.78 is 5.20. The number of hydrogen-bond donors (Lipinski definition) is 1. The topological polar surface area (TPSA) is 21.3 Å². The van der Waals surface area contributed by atoms with E-state index in [4.69, 9.17) is 27.9 Å². The highest BCUT2D eigenvalue weighted by molar-refractivity contribution is 6.35. The molecule has 4 heteroatoms. The van der Waals surface area contributed by atoms with E-state index in [1.165, 1.54) is 0 Å². The van der Waals surface area contributed by atoms with E-state index in [-0.39, 0.29) is 0 Å². The molecule has 2 nitrogen and oxygen atoms in total. The second-order valence-electron chi connectivity index (χ2n) is 4.75. The molecule has 0 saturated heterocycles. The molecule has 0 fully saturated rings. The van der Waals surface area contributed by atoms with Gasteiger partial charge in [-0.1, -0.05) is 43.1 Å². The van der Waals surface area contributed by atoms with Gasteiger partial charge in [0.2, 0.25) is 0 Å². The predicted octanol–water partition coefficient (Wildman–Crippen LogP) is 3.80. The summed E-state index contributed by atoms with van der Waals surface area (Å²) in [5.74, 6) is 0.547. The minimum Gasteiger partial charge on any atom is -0.383 e. The fraction of sp³-hybridized carbons (Fsp3) is 0.571. The fourth-order valence-corrected chi connectivity index (χ4v) is 2.29. The van der Waals surface area contributed by atoms with E-state index in [0.29, 0.717) is 17.0 Å². The number of rotatable bonds is 7. The third-order valence-electron chi connectivity index (χ3n) is 2.97. The highest BCUT2D eigenvalue weighted by Crippen LogP contribution is 2.21. The predicted molar refractivity (Wildman–Crippen MR) is 78.7 cm³/mol. The second kappa shape index (κ2) is 8.00. The Hall–Kier alpha value is -0.280. The first-order valence-electron chi connectivity index (χ1n) is 6.20. The third-order valence-corrected chi connectivity index (χ3v) is 3.55. The minimum atomic E-state index is 0.376. The summed E-state index contributed by atoms with van der Waals surface area (Å²) in [6.45, 7) is 5.98. The van der Waals surface area contributed by atoms with Gasteiger partial charge < -0.3 is 10.1 Å². The third kappa shape index (κ3) is 5.15. The van der Waals surface area contributed by atoms with Crippen LogP contribution in [-0.2, 0) is 11.2 Å². The maximum atomic E-state index is 6.13. The van der Waals surface area contributed by atoms with Gasteiger partial charge in [0.15, 0.2) is 0 Å². The molecular weight excluding hydrogens is 269 g/mol. The SMILES string of the molecule is COCC(NCCc1ccc(Cl)cc1Cl)C(C)C. The van der Waals surface area contributed by atoms with E-state index < -0.39 is 0 Å². The minimum absolute atomic E-state index is 0.376. The Bertz CT molecular complexity index is 369. The first-order valence-corrected chi connectivity index (χ1v) is 6.96. The van der Waals surface area contributed by atoms with Crippen molar-refractivity contribution in [3.63, 3.8) is 0 Å². The quantitative estimate of drug-likeness (QED) is 0.824. The van der Waals surface area contributed by atoms with Crippen LogP contribution in [-0.4, -0.2) is 26.3 Å². The van der Waals surface area contributed by atoms with Crippen LogP contribution in [0.2, 0.25) is 10.0 Å². The summed E-state index contributed by atoms with van der Waals surface area (Å²) >= 11 is 12.0. The molecule has 0 amide bonds. The molecule has 18 heavy (non-hydrogen) atoms. The Morgan fingerprint density at radius 1 is 1.28 bits per heavy atom. The van der Waals surface area contributed by atoms with Gasteiger partial charge in [-0.25, -0.2) is 0 Å². The molecule has 1 aromatic carbocycles. The van der Waals surface area contributed by atoms with Crippen molar-refractivity contribution in [2.75, 3.05) is 20.3 Å². The highest BCUT2D eigenvalue weighted by atomic mass is 35.5.